The van der Waals surface area contributed by atoms with E-state index >= 15 is 0 Å². The molecule has 1 unspecified atom stereocenters. The highest BCUT2D eigenvalue weighted by molar-refractivity contribution is 9.10. The molecule has 0 aliphatic rings. The largest absolute Gasteiger partial charge is 0.377 e. The van der Waals surface area contributed by atoms with Gasteiger partial charge in [-0.05, 0) is 41.9 Å². The SMILES string of the molecule is Cc1nc(Br)ccc1NC(C)c1ccccc1[N+](=O)[O-]. The number of benzene rings is 1. The fourth-order valence-corrected chi connectivity index (χ4v) is 2.41. The quantitative estimate of drug-likeness (QED) is 0.515. The van der Waals surface area contributed by atoms with Crippen molar-refractivity contribution in [3.8, 4) is 0 Å². The molecule has 1 aromatic carbocycles. The maximum atomic E-state index is 11.0. The lowest BCUT2D eigenvalue weighted by Gasteiger charge is -2.17. The third kappa shape index (κ3) is 3.14. The van der Waals surface area contributed by atoms with Crippen LogP contribution < -0.4 is 5.32 Å². The third-order valence-electron chi connectivity index (χ3n) is 3.02. The Kier molecular flexibility index (Phi) is 4.34. The maximum Gasteiger partial charge on any atom is 0.274 e. The average Bonchev–Trinajstić information content (AvgIpc) is 2.41. The van der Waals surface area contributed by atoms with Gasteiger partial charge in [-0.1, -0.05) is 18.2 Å². The summed E-state index contributed by atoms with van der Waals surface area (Å²) in [7, 11) is 0. The van der Waals surface area contributed by atoms with Gasteiger partial charge in [0.05, 0.1) is 27.9 Å². The Labute approximate surface area is 125 Å². The topological polar surface area (TPSA) is 68.1 Å². The number of aromatic nitrogens is 1. The Morgan fingerprint density at radius 3 is 2.65 bits per heavy atom. The lowest BCUT2D eigenvalue weighted by Crippen LogP contribution is -2.10. The number of aryl methyl sites for hydroxylation is 1. The van der Waals surface area contributed by atoms with Crippen molar-refractivity contribution in [2.75, 3.05) is 5.32 Å². The van der Waals surface area contributed by atoms with Crippen molar-refractivity contribution in [2.24, 2.45) is 0 Å². The molecule has 0 fully saturated rings. The number of halogens is 1. The molecule has 1 aromatic heterocycles. The first-order chi connectivity index (χ1) is 9.49. The van der Waals surface area contributed by atoms with Crippen molar-refractivity contribution in [1.82, 2.24) is 4.98 Å². The molecule has 2 rings (SSSR count). The number of nitro groups is 1. The predicted molar refractivity (Wildman–Crippen MR) is 81.8 cm³/mol. The van der Waals surface area contributed by atoms with E-state index in [-0.39, 0.29) is 16.7 Å². The summed E-state index contributed by atoms with van der Waals surface area (Å²) in [5.74, 6) is 0. The zero-order chi connectivity index (χ0) is 14.7. The van der Waals surface area contributed by atoms with E-state index in [1.54, 1.807) is 18.2 Å². The molecule has 1 heterocycles. The minimum atomic E-state index is -0.361. The number of nitrogens with zero attached hydrogens (tertiary/aromatic N) is 2. The molecule has 2 aromatic rings. The summed E-state index contributed by atoms with van der Waals surface area (Å²) in [4.78, 5) is 15.0. The van der Waals surface area contributed by atoms with Crippen LogP contribution in [-0.4, -0.2) is 9.91 Å². The van der Waals surface area contributed by atoms with E-state index in [1.807, 2.05) is 26.0 Å². The fourth-order valence-electron chi connectivity index (χ4n) is 2.01. The summed E-state index contributed by atoms with van der Waals surface area (Å²) in [6.07, 6.45) is 0. The number of hydrogen-bond acceptors (Lipinski definition) is 4. The molecular formula is C14H14BrN3O2. The minimum absolute atomic E-state index is 0.121. The first-order valence-corrected chi connectivity index (χ1v) is 6.91. The van der Waals surface area contributed by atoms with Crippen molar-refractivity contribution in [2.45, 2.75) is 19.9 Å². The van der Waals surface area contributed by atoms with E-state index in [4.69, 9.17) is 0 Å². The van der Waals surface area contributed by atoms with Gasteiger partial charge in [0.2, 0.25) is 0 Å². The summed E-state index contributed by atoms with van der Waals surface area (Å²) < 4.78 is 0.763. The third-order valence-corrected chi connectivity index (χ3v) is 3.47. The second kappa shape index (κ2) is 6.00. The van der Waals surface area contributed by atoms with Crippen LogP contribution in [0.5, 0.6) is 0 Å². The molecule has 20 heavy (non-hydrogen) atoms. The Morgan fingerprint density at radius 2 is 2.00 bits per heavy atom. The Morgan fingerprint density at radius 1 is 1.30 bits per heavy atom. The molecule has 0 spiro atoms. The smallest absolute Gasteiger partial charge is 0.274 e. The normalized spacial score (nSPS) is 11.9. The number of anilines is 1. The molecule has 0 amide bonds. The Bertz CT molecular complexity index is 646. The van der Waals surface area contributed by atoms with Crippen molar-refractivity contribution in [3.63, 3.8) is 0 Å². The van der Waals surface area contributed by atoms with Crippen LogP contribution in [0, 0.1) is 17.0 Å². The van der Waals surface area contributed by atoms with Crippen LogP contribution in [0.4, 0.5) is 11.4 Å². The molecule has 104 valence electrons. The number of hydrogen-bond donors (Lipinski definition) is 1. The number of nitrogens with one attached hydrogen (secondary N) is 1. The van der Waals surface area contributed by atoms with Crippen LogP contribution in [0.15, 0.2) is 41.0 Å². The monoisotopic (exact) mass is 335 g/mol. The predicted octanol–water partition coefficient (Wildman–Crippen LogP) is 4.23. The number of para-hydroxylation sites is 1. The van der Waals surface area contributed by atoms with Gasteiger partial charge in [0.25, 0.3) is 5.69 Å². The summed E-state index contributed by atoms with van der Waals surface area (Å²) in [6.45, 7) is 3.78. The average molecular weight is 336 g/mol. The van der Waals surface area contributed by atoms with E-state index in [0.29, 0.717) is 5.56 Å². The van der Waals surface area contributed by atoms with E-state index < -0.39 is 0 Å². The molecule has 1 N–H and O–H groups in total. The molecule has 5 nitrogen and oxygen atoms in total. The van der Waals surface area contributed by atoms with Crippen LogP contribution in [0.1, 0.15) is 24.2 Å². The molecule has 0 saturated heterocycles. The Hall–Kier alpha value is -1.95. The van der Waals surface area contributed by atoms with Crippen LogP contribution in [-0.2, 0) is 0 Å². The molecule has 0 radical (unpaired) electrons. The van der Waals surface area contributed by atoms with Gasteiger partial charge >= 0.3 is 0 Å². The molecule has 0 saturated carbocycles. The first kappa shape index (κ1) is 14.5. The van der Waals surface area contributed by atoms with Crippen LogP contribution in [0.2, 0.25) is 0 Å². The molecule has 1 atom stereocenters. The van der Waals surface area contributed by atoms with Crippen molar-refractivity contribution < 1.29 is 4.92 Å². The summed E-state index contributed by atoms with van der Waals surface area (Å²) in [5, 5.41) is 14.3. The van der Waals surface area contributed by atoms with Crippen molar-refractivity contribution in [3.05, 3.63) is 62.4 Å². The molecule has 0 aliphatic carbocycles. The van der Waals surface area contributed by atoms with Crippen LogP contribution in [0.3, 0.4) is 0 Å². The highest BCUT2D eigenvalue weighted by atomic mass is 79.9. The fraction of sp³-hybridized carbons (Fsp3) is 0.214. The van der Waals surface area contributed by atoms with Gasteiger partial charge in [0, 0.05) is 6.07 Å². The number of pyridine rings is 1. The van der Waals surface area contributed by atoms with E-state index in [9.17, 15) is 10.1 Å². The van der Waals surface area contributed by atoms with Gasteiger partial charge in [-0.3, -0.25) is 10.1 Å². The second-order valence-corrected chi connectivity index (χ2v) is 5.26. The van der Waals surface area contributed by atoms with E-state index in [1.165, 1.54) is 6.07 Å². The molecule has 0 aliphatic heterocycles. The van der Waals surface area contributed by atoms with Gasteiger partial charge in [0.15, 0.2) is 0 Å². The first-order valence-electron chi connectivity index (χ1n) is 6.12. The van der Waals surface area contributed by atoms with Crippen molar-refractivity contribution >= 4 is 27.3 Å². The maximum absolute atomic E-state index is 11.0. The molecule has 0 bridgehead atoms. The number of rotatable bonds is 4. The summed E-state index contributed by atoms with van der Waals surface area (Å²) in [5.41, 5.74) is 2.47. The van der Waals surface area contributed by atoms with E-state index in [2.05, 4.69) is 26.2 Å². The van der Waals surface area contributed by atoms with Gasteiger partial charge in [0.1, 0.15) is 4.60 Å². The van der Waals surface area contributed by atoms with Crippen LogP contribution >= 0.6 is 15.9 Å². The standard InChI is InChI=1S/C14H14BrN3O2/c1-9(11-5-3-4-6-13(11)18(19)20)16-12-7-8-14(15)17-10(12)2/h3-9,16H,1-2H3. The Balaban J connectivity index is 2.28. The zero-order valence-electron chi connectivity index (χ0n) is 11.1. The highest BCUT2D eigenvalue weighted by Gasteiger charge is 2.18. The molecular weight excluding hydrogens is 322 g/mol. The van der Waals surface area contributed by atoms with Gasteiger partial charge in [-0.2, -0.15) is 0 Å². The summed E-state index contributed by atoms with van der Waals surface area (Å²) >= 11 is 3.31. The van der Waals surface area contributed by atoms with Gasteiger partial charge in [-0.25, -0.2) is 4.98 Å². The summed E-state index contributed by atoms with van der Waals surface area (Å²) in [6, 6.07) is 10.3. The lowest BCUT2D eigenvalue weighted by molar-refractivity contribution is -0.385. The van der Waals surface area contributed by atoms with Crippen molar-refractivity contribution in [1.29, 1.82) is 0 Å². The lowest BCUT2D eigenvalue weighted by atomic mass is 10.1. The zero-order valence-corrected chi connectivity index (χ0v) is 12.7. The van der Waals surface area contributed by atoms with Crippen LogP contribution in [0.25, 0.3) is 0 Å². The minimum Gasteiger partial charge on any atom is -0.377 e. The van der Waals surface area contributed by atoms with Gasteiger partial charge in [-0.15, -0.1) is 0 Å². The highest BCUT2D eigenvalue weighted by Crippen LogP contribution is 2.28. The second-order valence-electron chi connectivity index (χ2n) is 4.45. The van der Waals surface area contributed by atoms with Gasteiger partial charge < -0.3 is 5.32 Å². The number of nitro benzene ring substituents is 1. The molecule has 6 heteroatoms. The van der Waals surface area contributed by atoms with E-state index in [0.717, 1.165) is 16.0 Å².